The minimum absolute atomic E-state index is 0.0119. The fourth-order valence-electron chi connectivity index (χ4n) is 3.90. The van der Waals surface area contributed by atoms with E-state index in [1.54, 1.807) is 13.8 Å². The molecule has 5 N–H and O–H groups in total. The number of amides is 1. The molecular weight excluding hydrogens is 470 g/mol. The van der Waals surface area contributed by atoms with Gasteiger partial charge in [0.05, 0.1) is 17.1 Å². The zero-order valence-electron chi connectivity index (χ0n) is 21.6. The molecule has 0 radical (unpaired) electrons. The van der Waals surface area contributed by atoms with Crippen molar-refractivity contribution in [1.29, 1.82) is 0 Å². The van der Waals surface area contributed by atoms with Gasteiger partial charge < -0.3 is 30.8 Å². The number of hydrogen-bond donors (Lipinski definition) is 4. The third-order valence-electron chi connectivity index (χ3n) is 5.77. The molecule has 37 heavy (non-hydrogen) atoms. The van der Waals surface area contributed by atoms with Gasteiger partial charge in [-0.05, 0) is 75.4 Å². The Balaban J connectivity index is 1.55. The number of aliphatic hydroxyl groups is 1. The van der Waals surface area contributed by atoms with E-state index in [1.807, 2.05) is 66.1 Å². The monoisotopic (exact) mass is 505 g/mol. The lowest BCUT2D eigenvalue weighted by atomic mass is 10.2. The van der Waals surface area contributed by atoms with Crippen molar-refractivity contribution in [2.75, 3.05) is 25.1 Å². The number of carbonyl (C=O) groups is 2. The van der Waals surface area contributed by atoms with Crippen LogP contribution in [-0.4, -0.2) is 47.0 Å². The highest BCUT2D eigenvalue weighted by atomic mass is 16.5. The van der Waals surface area contributed by atoms with Gasteiger partial charge in [0.2, 0.25) is 0 Å². The fourth-order valence-corrected chi connectivity index (χ4v) is 3.90. The standard InChI is InChI=1S/C28H35N5O4/c1-19-16-22-8-4-5-9-25(22)33(19)17-27(36)37-18-26(35)32-28(20(2)29)21(3)31-24-12-10-23(11-13-24)30-14-6-7-15-34/h4-5,8-13,16,30,34H,6-7,14-15,17-18,29H2,1-3H3,(H,32,35). The number of allylic oxidation sites excluding steroid dienone is 2. The average Bonchev–Trinajstić information content (AvgIpc) is 3.19. The summed E-state index contributed by atoms with van der Waals surface area (Å²) in [5.74, 6) is -1.01. The van der Waals surface area contributed by atoms with Crippen LogP contribution in [0.3, 0.4) is 0 Å². The molecule has 1 amide bonds. The number of aliphatic hydroxyl groups excluding tert-OH is 1. The van der Waals surface area contributed by atoms with Crippen molar-refractivity contribution in [3.05, 3.63) is 71.7 Å². The maximum Gasteiger partial charge on any atom is 0.326 e. The first-order valence-electron chi connectivity index (χ1n) is 12.3. The van der Waals surface area contributed by atoms with Crippen LogP contribution in [0.5, 0.6) is 0 Å². The number of hydrogen-bond acceptors (Lipinski definition) is 7. The molecular formula is C28H35N5O4. The van der Waals surface area contributed by atoms with Crippen molar-refractivity contribution in [1.82, 2.24) is 9.88 Å². The molecule has 3 aromatic rings. The minimum atomic E-state index is -0.509. The number of para-hydroxylation sites is 1. The van der Waals surface area contributed by atoms with Crippen molar-refractivity contribution >= 4 is 39.9 Å². The Labute approximate surface area is 217 Å². The number of nitrogens with one attached hydrogen (secondary N) is 2. The molecule has 9 heteroatoms. The minimum Gasteiger partial charge on any atom is -0.454 e. The molecule has 0 saturated heterocycles. The lowest BCUT2D eigenvalue weighted by Gasteiger charge is -2.13. The summed E-state index contributed by atoms with van der Waals surface area (Å²) < 4.78 is 7.08. The highest BCUT2D eigenvalue weighted by Crippen LogP contribution is 2.20. The first-order valence-corrected chi connectivity index (χ1v) is 12.3. The van der Waals surface area contributed by atoms with Gasteiger partial charge in [0.1, 0.15) is 6.54 Å². The van der Waals surface area contributed by atoms with Crippen LogP contribution in [-0.2, 0) is 20.9 Å². The van der Waals surface area contributed by atoms with E-state index in [2.05, 4.69) is 15.6 Å². The van der Waals surface area contributed by atoms with Gasteiger partial charge in [-0.15, -0.1) is 0 Å². The number of fused-ring (bicyclic) bond motifs is 1. The number of aromatic nitrogens is 1. The first kappa shape index (κ1) is 27.5. The lowest BCUT2D eigenvalue weighted by molar-refractivity contribution is -0.148. The number of anilines is 1. The van der Waals surface area contributed by atoms with E-state index < -0.39 is 18.5 Å². The predicted octanol–water partition coefficient (Wildman–Crippen LogP) is 3.78. The zero-order chi connectivity index (χ0) is 26.8. The van der Waals surface area contributed by atoms with E-state index in [-0.39, 0.29) is 13.2 Å². The van der Waals surface area contributed by atoms with Crippen LogP contribution in [0, 0.1) is 6.92 Å². The van der Waals surface area contributed by atoms with E-state index in [4.69, 9.17) is 15.6 Å². The Morgan fingerprint density at radius 3 is 2.51 bits per heavy atom. The van der Waals surface area contributed by atoms with Gasteiger partial charge in [-0.3, -0.25) is 14.6 Å². The molecule has 0 spiro atoms. The summed E-state index contributed by atoms with van der Waals surface area (Å²) in [4.78, 5) is 29.5. The number of unbranched alkanes of at least 4 members (excludes halogenated alkanes) is 1. The smallest absolute Gasteiger partial charge is 0.326 e. The van der Waals surface area contributed by atoms with Crippen molar-refractivity contribution in [3.8, 4) is 0 Å². The fraction of sp³-hybridized carbons (Fsp3) is 0.321. The van der Waals surface area contributed by atoms with E-state index in [0.717, 1.165) is 41.7 Å². The van der Waals surface area contributed by atoms with Crippen molar-refractivity contribution in [3.63, 3.8) is 0 Å². The number of ether oxygens (including phenoxy) is 1. The van der Waals surface area contributed by atoms with Gasteiger partial charge in [-0.25, -0.2) is 0 Å². The van der Waals surface area contributed by atoms with Crippen LogP contribution < -0.4 is 16.4 Å². The van der Waals surface area contributed by atoms with Crippen LogP contribution in [0.15, 0.2) is 71.0 Å². The van der Waals surface area contributed by atoms with Crippen LogP contribution in [0.2, 0.25) is 0 Å². The third kappa shape index (κ3) is 7.94. The molecule has 0 atom stereocenters. The Hall–Kier alpha value is -4.11. The highest BCUT2D eigenvalue weighted by Gasteiger charge is 2.15. The van der Waals surface area contributed by atoms with Crippen LogP contribution in [0.4, 0.5) is 11.4 Å². The quantitative estimate of drug-likeness (QED) is 0.168. The second kappa shape index (κ2) is 13.3. The van der Waals surface area contributed by atoms with Crippen LogP contribution in [0.25, 0.3) is 10.9 Å². The molecule has 9 nitrogen and oxygen atoms in total. The molecule has 1 aromatic heterocycles. The Bertz CT molecular complexity index is 1290. The predicted molar refractivity (Wildman–Crippen MR) is 147 cm³/mol. The van der Waals surface area contributed by atoms with Gasteiger partial charge in [0.25, 0.3) is 5.91 Å². The molecule has 0 aliphatic heterocycles. The Morgan fingerprint density at radius 1 is 1.08 bits per heavy atom. The number of benzene rings is 2. The van der Waals surface area contributed by atoms with Gasteiger partial charge in [0, 0.05) is 35.7 Å². The van der Waals surface area contributed by atoms with Gasteiger partial charge in [-0.1, -0.05) is 18.2 Å². The van der Waals surface area contributed by atoms with Gasteiger partial charge in [-0.2, -0.15) is 0 Å². The summed E-state index contributed by atoms with van der Waals surface area (Å²) in [6.45, 7) is 5.88. The van der Waals surface area contributed by atoms with Crippen molar-refractivity contribution in [2.45, 2.75) is 40.2 Å². The van der Waals surface area contributed by atoms with Gasteiger partial charge in [0.15, 0.2) is 6.61 Å². The number of carbonyl (C=O) groups excluding carboxylic acids is 2. The lowest BCUT2D eigenvalue weighted by Crippen LogP contribution is -2.33. The molecule has 0 aliphatic carbocycles. The second-order valence-corrected chi connectivity index (χ2v) is 8.80. The molecule has 0 unspecified atom stereocenters. The zero-order valence-corrected chi connectivity index (χ0v) is 21.6. The molecule has 0 aliphatic rings. The summed E-state index contributed by atoms with van der Waals surface area (Å²) >= 11 is 0. The summed E-state index contributed by atoms with van der Waals surface area (Å²) in [5, 5.41) is 15.9. The third-order valence-corrected chi connectivity index (χ3v) is 5.77. The molecule has 1 heterocycles. The first-order chi connectivity index (χ1) is 17.8. The molecule has 196 valence electrons. The van der Waals surface area contributed by atoms with E-state index >= 15 is 0 Å². The van der Waals surface area contributed by atoms with Crippen LogP contribution in [0.1, 0.15) is 32.4 Å². The summed E-state index contributed by atoms with van der Waals surface area (Å²) in [5.41, 5.74) is 10.8. The topological polar surface area (TPSA) is 131 Å². The van der Waals surface area contributed by atoms with E-state index in [0.29, 0.717) is 22.8 Å². The molecule has 2 aromatic carbocycles. The maximum atomic E-state index is 12.5. The molecule has 0 fully saturated rings. The number of aliphatic imine (C=N–C) groups is 1. The van der Waals surface area contributed by atoms with E-state index in [1.165, 1.54) is 0 Å². The summed E-state index contributed by atoms with van der Waals surface area (Å²) in [6, 6.07) is 17.3. The number of esters is 1. The Kier molecular flexibility index (Phi) is 9.85. The largest absolute Gasteiger partial charge is 0.454 e. The maximum absolute atomic E-state index is 12.5. The number of aryl methyl sites for hydroxylation is 1. The number of nitrogens with two attached hydrogens (primary N) is 1. The number of nitrogens with zero attached hydrogens (tertiary/aromatic N) is 2. The van der Waals surface area contributed by atoms with Crippen LogP contribution >= 0.6 is 0 Å². The second-order valence-electron chi connectivity index (χ2n) is 8.80. The highest BCUT2D eigenvalue weighted by molar-refractivity contribution is 6.03. The molecule has 0 saturated carbocycles. The number of rotatable bonds is 12. The van der Waals surface area contributed by atoms with Crippen molar-refractivity contribution in [2.24, 2.45) is 10.7 Å². The normalized spacial score (nSPS) is 12.3. The average molecular weight is 506 g/mol. The molecule has 3 rings (SSSR count). The van der Waals surface area contributed by atoms with Crippen molar-refractivity contribution < 1.29 is 19.4 Å². The van der Waals surface area contributed by atoms with E-state index in [9.17, 15) is 9.59 Å². The van der Waals surface area contributed by atoms with Gasteiger partial charge >= 0.3 is 5.97 Å². The molecule has 0 bridgehead atoms. The summed E-state index contributed by atoms with van der Waals surface area (Å²) in [6.07, 6.45) is 1.65. The Morgan fingerprint density at radius 2 is 1.81 bits per heavy atom. The summed E-state index contributed by atoms with van der Waals surface area (Å²) in [7, 11) is 0. The SMILES string of the molecule is CC(=Nc1ccc(NCCCCO)cc1)C(NC(=O)COC(=O)Cn1c(C)cc2ccccc21)=C(C)N.